The molecule has 19 heavy (non-hydrogen) atoms. The van der Waals surface area contributed by atoms with Crippen molar-refractivity contribution in [2.45, 2.75) is 32.7 Å². The molecule has 1 atom stereocenters. The minimum atomic E-state index is -0.926. The second-order valence-electron chi connectivity index (χ2n) is 4.87. The van der Waals surface area contributed by atoms with Crippen molar-refractivity contribution >= 4 is 28.9 Å². The van der Waals surface area contributed by atoms with Crippen LogP contribution in [0.2, 0.25) is 0 Å². The van der Waals surface area contributed by atoms with Gasteiger partial charge in [-0.25, -0.2) is 0 Å². The first-order chi connectivity index (χ1) is 8.90. The quantitative estimate of drug-likeness (QED) is 0.734. The van der Waals surface area contributed by atoms with Gasteiger partial charge in [-0.3, -0.25) is 14.4 Å². The predicted molar refractivity (Wildman–Crippen MR) is 73.1 cm³/mol. The van der Waals surface area contributed by atoms with Crippen LogP contribution in [0.1, 0.15) is 26.7 Å². The van der Waals surface area contributed by atoms with Crippen molar-refractivity contribution in [1.29, 1.82) is 0 Å². The number of amides is 2. The van der Waals surface area contributed by atoms with Gasteiger partial charge in [-0.05, 0) is 5.92 Å². The van der Waals surface area contributed by atoms with Gasteiger partial charge in [0, 0.05) is 31.3 Å². The van der Waals surface area contributed by atoms with Crippen molar-refractivity contribution in [2.75, 3.05) is 18.8 Å². The first-order valence-electron chi connectivity index (χ1n) is 6.33. The summed E-state index contributed by atoms with van der Waals surface area (Å²) in [6.45, 7) is 4.82. The van der Waals surface area contributed by atoms with Gasteiger partial charge in [0.05, 0.1) is 6.42 Å². The minimum absolute atomic E-state index is 0.0127. The molecule has 0 spiro atoms. The van der Waals surface area contributed by atoms with E-state index in [9.17, 15) is 14.4 Å². The Labute approximate surface area is 116 Å². The lowest BCUT2D eigenvalue weighted by atomic mass is 10.0. The van der Waals surface area contributed by atoms with Crippen LogP contribution < -0.4 is 5.32 Å². The monoisotopic (exact) mass is 288 g/mol. The lowest BCUT2D eigenvalue weighted by molar-refractivity contribution is -0.138. The fourth-order valence-corrected chi connectivity index (χ4v) is 2.64. The number of carboxylic acid groups (broad SMARTS) is 1. The number of nitrogens with zero attached hydrogens (tertiary/aromatic N) is 1. The number of rotatable bonds is 7. The molecule has 0 radical (unpaired) electrons. The third kappa shape index (κ3) is 5.50. The fraction of sp³-hybridized carbons (Fsp3) is 0.750. The Morgan fingerprint density at radius 3 is 2.63 bits per heavy atom. The first-order valence-corrected chi connectivity index (χ1v) is 7.31. The summed E-state index contributed by atoms with van der Waals surface area (Å²) in [4.78, 5) is 35.4. The molecule has 1 unspecified atom stereocenters. The second kappa shape index (κ2) is 7.37. The minimum Gasteiger partial charge on any atom is -0.481 e. The molecule has 0 aliphatic carbocycles. The van der Waals surface area contributed by atoms with Crippen molar-refractivity contribution in [3.05, 3.63) is 0 Å². The maximum absolute atomic E-state index is 11.8. The highest BCUT2D eigenvalue weighted by atomic mass is 32.2. The zero-order valence-electron chi connectivity index (χ0n) is 11.2. The van der Waals surface area contributed by atoms with Gasteiger partial charge in [0.15, 0.2) is 0 Å². The molecule has 1 aliphatic rings. The zero-order valence-corrected chi connectivity index (χ0v) is 12.0. The maximum atomic E-state index is 11.8. The molecular formula is C12H20N2O4S. The molecule has 1 rings (SSSR count). The fourth-order valence-electron chi connectivity index (χ4n) is 1.79. The molecule has 6 nitrogen and oxygen atoms in total. The van der Waals surface area contributed by atoms with Crippen molar-refractivity contribution in [2.24, 2.45) is 5.92 Å². The lowest BCUT2D eigenvalue weighted by Crippen LogP contribution is -2.41. The van der Waals surface area contributed by atoms with Crippen LogP contribution in [0.25, 0.3) is 0 Å². The Morgan fingerprint density at radius 1 is 1.47 bits per heavy atom. The second-order valence-corrected chi connectivity index (χ2v) is 5.91. The van der Waals surface area contributed by atoms with E-state index >= 15 is 0 Å². The molecular weight excluding hydrogens is 268 g/mol. The van der Waals surface area contributed by atoms with Gasteiger partial charge in [0.1, 0.15) is 0 Å². The molecule has 1 aliphatic heterocycles. The normalized spacial score (nSPS) is 16.8. The zero-order chi connectivity index (χ0) is 14.4. The van der Waals surface area contributed by atoms with Crippen LogP contribution in [0.15, 0.2) is 0 Å². The number of nitrogens with one attached hydrogen (secondary N) is 1. The van der Waals surface area contributed by atoms with Crippen molar-refractivity contribution in [3.63, 3.8) is 0 Å². The van der Waals surface area contributed by atoms with Crippen LogP contribution in [0, 0.1) is 5.92 Å². The van der Waals surface area contributed by atoms with Crippen LogP contribution in [0.3, 0.4) is 0 Å². The molecule has 1 heterocycles. The van der Waals surface area contributed by atoms with E-state index in [1.54, 1.807) is 4.90 Å². The van der Waals surface area contributed by atoms with E-state index in [1.165, 1.54) is 11.8 Å². The van der Waals surface area contributed by atoms with Crippen LogP contribution in [0.4, 0.5) is 4.79 Å². The van der Waals surface area contributed by atoms with Crippen molar-refractivity contribution < 1.29 is 19.5 Å². The maximum Gasteiger partial charge on any atom is 0.305 e. The third-order valence-corrected chi connectivity index (χ3v) is 3.89. The molecule has 1 saturated heterocycles. The standard InChI is InChI=1S/C12H20N2O4S/c1-8(2)9(7-11(16)17)13-10(15)3-4-14-5-6-19-12(14)18/h8-9H,3-7H2,1-2H3,(H,13,15)(H,16,17). The number of carboxylic acids is 1. The molecule has 7 heteroatoms. The van der Waals surface area contributed by atoms with Crippen LogP contribution >= 0.6 is 11.8 Å². The molecule has 0 aromatic heterocycles. The first kappa shape index (κ1) is 15.8. The van der Waals surface area contributed by atoms with Crippen LogP contribution in [-0.4, -0.2) is 52.0 Å². The Hall–Kier alpha value is -1.24. The van der Waals surface area contributed by atoms with E-state index in [-0.39, 0.29) is 35.9 Å². The molecule has 2 amide bonds. The van der Waals surface area contributed by atoms with Crippen LogP contribution in [-0.2, 0) is 9.59 Å². The predicted octanol–water partition coefficient (Wildman–Crippen LogP) is 1.16. The van der Waals surface area contributed by atoms with Gasteiger partial charge >= 0.3 is 5.97 Å². The van der Waals surface area contributed by atoms with Gasteiger partial charge in [0.2, 0.25) is 5.91 Å². The summed E-state index contributed by atoms with van der Waals surface area (Å²) in [5.74, 6) is -0.299. The molecule has 108 valence electrons. The number of hydrogen-bond acceptors (Lipinski definition) is 4. The largest absolute Gasteiger partial charge is 0.481 e. The summed E-state index contributed by atoms with van der Waals surface area (Å²) in [5, 5.41) is 11.5. The number of thioether (sulfide) groups is 1. The van der Waals surface area contributed by atoms with E-state index in [0.29, 0.717) is 13.1 Å². The summed E-state index contributed by atoms with van der Waals surface area (Å²) in [7, 11) is 0. The molecule has 1 fully saturated rings. The summed E-state index contributed by atoms with van der Waals surface area (Å²) in [5.41, 5.74) is 0. The summed E-state index contributed by atoms with van der Waals surface area (Å²) in [6, 6.07) is -0.367. The molecule has 0 aromatic rings. The van der Waals surface area contributed by atoms with E-state index in [4.69, 9.17) is 5.11 Å². The third-order valence-electron chi connectivity index (χ3n) is 3.00. The highest BCUT2D eigenvalue weighted by Crippen LogP contribution is 2.17. The Bertz CT molecular complexity index is 360. The van der Waals surface area contributed by atoms with Gasteiger partial charge in [0.25, 0.3) is 5.24 Å². The average molecular weight is 288 g/mol. The van der Waals surface area contributed by atoms with E-state index in [1.807, 2.05) is 13.8 Å². The van der Waals surface area contributed by atoms with E-state index in [0.717, 1.165) is 5.75 Å². The Morgan fingerprint density at radius 2 is 2.16 bits per heavy atom. The Kier molecular flexibility index (Phi) is 6.14. The number of carbonyl (C=O) groups is 3. The highest BCUT2D eigenvalue weighted by molar-refractivity contribution is 8.13. The topological polar surface area (TPSA) is 86.7 Å². The SMILES string of the molecule is CC(C)C(CC(=O)O)NC(=O)CCN1CCSC1=O. The molecule has 0 aromatic carbocycles. The van der Waals surface area contributed by atoms with Gasteiger partial charge in [-0.2, -0.15) is 0 Å². The molecule has 2 N–H and O–H groups in total. The van der Waals surface area contributed by atoms with Gasteiger partial charge in [-0.1, -0.05) is 25.6 Å². The number of carbonyl (C=O) groups excluding carboxylic acids is 2. The van der Waals surface area contributed by atoms with Crippen molar-refractivity contribution in [3.8, 4) is 0 Å². The molecule has 0 bridgehead atoms. The lowest BCUT2D eigenvalue weighted by Gasteiger charge is -2.21. The summed E-state index contributed by atoms with van der Waals surface area (Å²) in [6.07, 6.45) is 0.136. The van der Waals surface area contributed by atoms with Crippen molar-refractivity contribution in [1.82, 2.24) is 10.2 Å². The smallest absolute Gasteiger partial charge is 0.305 e. The van der Waals surface area contributed by atoms with E-state index < -0.39 is 5.97 Å². The van der Waals surface area contributed by atoms with Gasteiger partial charge < -0.3 is 15.3 Å². The van der Waals surface area contributed by atoms with Gasteiger partial charge in [-0.15, -0.1) is 0 Å². The van der Waals surface area contributed by atoms with Crippen LogP contribution in [0.5, 0.6) is 0 Å². The number of hydrogen-bond donors (Lipinski definition) is 2. The Balaban J connectivity index is 2.35. The van der Waals surface area contributed by atoms with E-state index in [2.05, 4.69) is 5.32 Å². The summed E-state index contributed by atoms with van der Waals surface area (Å²) < 4.78 is 0. The number of aliphatic carboxylic acids is 1. The average Bonchev–Trinajstić information content (AvgIpc) is 2.70. The highest BCUT2D eigenvalue weighted by Gasteiger charge is 2.23. The summed E-state index contributed by atoms with van der Waals surface area (Å²) >= 11 is 1.26. The molecule has 0 saturated carbocycles.